The van der Waals surface area contributed by atoms with Crippen molar-refractivity contribution in [3.05, 3.63) is 29.8 Å². The van der Waals surface area contributed by atoms with Crippen molar-refractivity contribution in [3.63, 3.8) is 0 Å². The molecular formula is C18H22F6N2O3. The molecule has 0 aliphatic rings. The van der Waals surface area contributed by atoms with Crippen molar-refractivity contribution in [2.45, 2.75) is 38.2 Å². The highest BCUT2D eigenvalue weighted by atomic mass is 19.4. The van der Waals surface area contributed by atoms with E-state index in [2.05, 4.69) is 0 Å². The first-order valence-electron chi connectivity index (χ1n) is 8.57. The average molecular weight is 428 g/mol. The lowest BCUT2D eigenvalue weighted by Gasteiger charge is -2.40. The molecule has 2 atom stereocenters. The molecule has 164 valence electrons. The number of rotatable bonds is 7. The van der Waals surface area contributed by atoms with Crippen LogP contribution in [0.15, 0.2) is 24.3 Å². The van der Waals surface area contributed by atoms with Gasteiger partial charge in [-0.2, -0.15) is 26.3 Å². The molecule has 5 nitrogen and oxygen atoms in total. The van der Waals surface area contributed by atoms with Gasteiger partial charge in [0.2, 0.25) is 0 Å². The van der Waals surface area contributed by atoms with Gasteiger partial charge in [-0.3, -0.25) is 4.79 Å². The standard InChI is InChI=1S/C18H22F6N2O3/c1-5-16(11(2)10-26(3)4,29-15(28)18(22,23)24)12-7-6-8-13(9-12)25-14(27)17(19,20)21/h6-9,11H,5,10H2,1-4H3,(H,25,27)/t11-,16+/m0/s1. The Labute approximate surface area is 164 Å². The summed E-state index contributed by atoms with van der Waals surface area (Å²) in [6.07, 6.45) is -10.5. The highest BCUT2D eigenvalue weighted by molar-refractivity contribution is 5.95. The van der Waals surface area contributed by atoms with E-state index in [0.29, 0.717) is 0 Å². The number of anilines is 1. The van der Waals surface area contributed by atoms with Gasteiger partial charge in [-0.15, -0.1) is 0 Å². The Kier molecular flexibility index (Phi) is 7.69. The van der Waals surface area contributed by atoms with Crippen molar-refractivity contribution in [1.82, 2.24) is 4.90 Å². The maximum Gasteiger partial charge on any atom is 0.490 e. The zero-order valence-corrected chi connectivity index (χ0v) is 16.2. The molecule has 29 heavy (non-hydrogen) atoms. The second-order valence-corrected chi connectivity index (χ2v) is 6.83. The quantitative estimate of drug-likeness (QED) is 0.525. The van der Waals surface area contributed by atoms with E-state index < -0.39 is 35.7 Å². The maximum atomic E-state index is 12.9. The van der Waals surface area contributed by atoms with Gasteiger partial charge in [0.25, 0.3) is 0 Å². The van der Waals surface area contributed by atoms with Gasteiger partial charge in [-0.25, -0.2) is 4.79 Å². The summed E-state index contributed by atoms with van der Waals surface area (Å²) in [5.41, 5.74) is -2.04. The smallest absolute Gasteiger partial charge is 0.447 e. The van der Waals surface area contributed by atoms with Crippen molar-refractivity contribution >= 4 is 17.6 Å². The number of nitrogens with zero attached hydrogens (tertiary/aromatic N) is 1. The van der Waals surface area contributed by atoms with Crippen LogP contribution in [0, 0.1) is 5.92 Å². The molecule has 0 aliphatic carbocycles. The van der Waals surface area contributed by atoms with E-state index >= 15 is 0 Å². The molecule has 11 heteroatoms. The normalized spacial score (nSPS) is 15.6. The summed E-state index contributed by atoms with van der Waals surface area (Å²) in [4.78, 5) is 24.5. The average Bonchev–Trinajstić information content (AvgIpc) is 2.57. The van der Waals surface area contributed by atoms with Gasteiger partial charge in [-0.1, -0.05) is 26.0 Å². The number of ether oxygens (including phenoxy) is 1. The number of amides is 1. The van der Waals surface area contributed by atoms with Crippen molar-refractivity contribution in [2.75, 3.05) is 26.0 Å². The van der Waals surface area contributed by atoms with Crippen molar-refractivity contribution < 1.29 is 40.7 Å². The maximum absolute atomic E-state index is 12.9. The first-order valence-corrected chi connectivity index (χ1v) is 8.57. The molecule has 1 aromatic rings. The molecule has 1 rings (SSSR count). The summed E-state index contributed by atoms with van der Waals surface area (Å²) in [7, 11) is 3.34. The van der Waals surface area contributed by atoms with Crippen molar-refractivity contribution in [1.29, 1.82) is 0 Å². The molecule has 0 fully saturated rings. The lowest BCUT2D eigenvalue weighted by Crippen LogP contribution is -2.45. The van der Waals surface area contributed by atoms with Crippen LogP contribution in [0.2, 0.25) is 0 Å². The van der Waals surface area contributed by atoms with Gasteiger partial charge in [0, 0.05) is 18.2 Å². The molecule has 0 aromatic heterocycles. The van der Waals surface area contributed by atoms with Crippen LogP contribution < -0.4 is 5.32 Å². The van der Waals surface area contributed by atoms with Gasteiger partial charge in [0.15, 0.2) is 0 Å². The van der Waals surface area contributed by atoms with E-state index in [1.165, 1.54) is 19.1 Å². The number of carbonyl (C=O) groups is 2. The molecule has 1 amide bonds. The minimum atomic E-state index is -5.25. The predicted molar refractivity (Wildman–Crippen MR) is 93.0 cm³/mol. The number of hydrogen-bond acceptors (Lipinski definition) is 4. The van der Waals surface area contributed by atoms with E-state index in [-0.39, 0.29) is 24.2 Å². The third-order valence-electron chi connectivity index (χ3n) is 4.33. The minimum Gasteiger partial charge on any atom is -0.447 e. The molecule has 1 aromatic carbocycles. The number of halogens is 6. The molecule has 0 aliphatic heterocycles. The highest BCUT2D eigenvalue weighted by Gasteiger charge is 2.49. The van der Waals surface area contributed by atoms with Crippen LogP contribution in [0.1, 0.15) is 25.8 Å². The number of carbonyl (C=O) groups excluding carboxylic acids is 2. The lowest BCUT2D eigenvalue weighted by molar-refractivity contribution is -0.221. The Morgan fingerprint density at radius 1 is 1.10 bits per heavy atom. The fourth-order valence-electron chi connectivity index (χ4n) is 3.05. The largest absolute Gasteiger partial charge is 0.490 e. The van der Waals surface area contributed by atoms with Gasteiger partial charge >= 0.3 is 24.2 Å². The third kappa shape index (κ3) is 6.34. The Hall–Kier alpha value is -2.30. The highest BCUT2D eigenvalue weighted by Crippen LogP contribution is 2.40. The third-order valence-corrected chi connectivity index (χ3v) is 4.33. The zero-order chi connectivity index (χ0) is 22.6. The van der Waals surface area contributed by atoms with Crippen LogP contribution in [0.25, 0.3) is 0 Å². The number of nitrogens with one attached hydrogen (secondary N) is 1. The summed E-state index contributed by atoms with van der Waals surface area (Å²) in [5.74, 6) is -5.30. The Morgan fingerprint density at radius 2 is 1.69 bits per heavy atom. The van der Waals surface area contributed by atoms with E-state index in [1.807, 2.05) is 0 Å². The van der Waals surface area contributed by atoms with E-state index in [1.54, 1.807) is 31.2 Å². The molecule has 1 N–H and O–H groups in total. The second kappa shape index (κ2) is 9.02. The van der Waals surface area contributed by atoms with Crippen molar-refractivity contribution in [2.24, 2.45) is 5.92 Å². The molecule has 0 saturated heterocycles. The number of esters is 1. The van der Waals surface area contributed by atoms with E-state index in [9.17, 15) is 35.9 Å². The SMILES string of the molecule is CC[C@](OC(=O)C(F)(F)F)(c1cccc(NC(=O)C(F)(F)F)c1)[C@@H](C)CN(C)C. The van der Waals surface area contributed by atoms with Crippen LogP contribution in [-0.4, -0.2) is 49.8 Å². The van der Waals surface area contributed by atoms with E-state index in [0.717, 1.165) is 12.1 Å². The van der Waals surface area contributed by atoms with Crippen LogP contribution in [0.4, 0.5) is 32.0 Å². The number of benzene rings is 1. The fraction of sp³-hybridized carbons (Fsp3) is 0.556. The van der Waals surface area contributed by atoms with E-state index in [4.69, 9.17) is 4.74 Å². The summed E-state index contributed by atoms with van der Waals surface area (Å²) in [6, 6.07) is 4.82. The zero-order valence-electron chi connectivity index (χ0n) is 16.2. The van der Waals surface area contributed by atoms with Gasteiger partial charge in [-0.05, 0) is 38.2 Å². The fourth-order valence-corrected chi connectivity index (χ4v) is 3.05. The second-order valence-electron chi connectivity index (χ2n) is 6.83. The predicted octanol–water partition coefficient (Wildman–Crippen LogP) is 4.10. The van der Waals surface area contributed by atoms with Gasteiger partial charge in [0.05, 0.1) is 0 Å². The molecule has 0 spiro atoms. The Morgan fingerprint density at radius 3 is 2.14 bits per heavy atom. The Balaban J connectivity index is 3.43. The summed E-state index contributed by atoms with van der Waals surface area (Å²) < 4.78 is 81.0. The number of alkyl halides is 6. The minimum absolute atomic E-state index is 0.0342. The van der Waals surface area contributed by atoms with Crippen LogP contribution in [-0.2, 0) is 19.9 Å². The Bertz CT molecular complexity index is 733. The van der Waals surface area contributed by atoms with Gasteiger partial charge < -0.3 is 15.0 Å². The summed E-state index contributed by atoms with van der Waals surface area (Å²) in [6.45, 7) is 3.28. The molecular weight excluding hydrogens is 406 g/mol. The molecule has 0 bridgehead atoms. The summed E-state index contributed by atoms with van der Waals surface area (Å²) >= 11 is 0. The molecule has 0 heterocycles. The number of hydrogen-bond donors (Lipinski definition) is 1. The summed E-state index contributed by atoms with van der Waals surface area (Å²) in [5, 5.41) is 1.64. The van der Waals surface area contributed by atoms with Crippen molar-refractivity contribution in [3.8, 4) is 0 Å². The van der Waals surface area contributed by atoms with Crippen LogP contribution in [0.5, 0.6) is 0 Å². The molecule has 0 radical (unpaired) electrons. The monoisotopic (exact) mass is 428 g/mol. The van der Waals surface area contributed by atoms with Crippen LogP contribution in [0.3, 0.4) is 0 Å². The lowest BCUT2D eigenvalue weighted by atomic mass is 9.79. The first-order chi connectivity index (χ1) is 13.1. The molecule has 0 unspecified atom stereocenters. The molecule has 0 saturated carbocycles. The van der Waals surface area contributed by atoms with Gasteiger partial charge in [0.1, 0.15) is 5.60 Å². The topological polar surface area (TPSA) is 58.6 Å². The van der Waals surface area contributed by atoms with Crippen LogP contribution >= 0.6 is 0 Å². The first kappa shape index (κ1) is 24.7.